The lowest BCUT2D eigenvalue weighted by atomic mass is 9.42. The molecule has 0 N–H and O–H groups in total. The Hall–Kier alpha value is -4.10. The smallest absolute Gasteiger partial charge is 0.0464 e. The van der Waals surface area contributed by atoms with E-state index in [1.165, 1.54) is 119 Å². The van der Waals surface area contributed by atoms with E-state index in [4.69, 9.17) is 0 Å². The number of anilines is 3. The normalized spacial score (nSPS) is 28.7. The van der Waals surface area contributed by atoms with Crippen molar-refractivity contribution in [3.8, 4) is 22.3 Å². The van der Waals surface area contributed by atoms with Gasteiger partial charge in [0.2, 0.25) is 0 Å². The van der Waals surface area contributed by atoms with Crippen LogP contribution in [-0.2, 0) is 27.1 Å². The second-order valence-corrected chi connectivity index (χ2v) is 22.3. The summed E-state index contributed by atoms with van der Waals surface area (Å²) in [6.45, 7) is 19.6. The average Bonchev–Trinajstić information content (AvgIpc) is 3.49. The number of hydrogen-bond donors (Lipinski definition) is 0. The van der Waals surface area contributed by atoms with Crippen molar-refractivity contribution in [1.82, 2.24) is 0 Å². The Morgan fingerprint density at radius 1 is 0.404 bits per heavy atom. The van der Waals surface area contributed by atoms with Gasteiger partial charge in [0, 0.05) is 22.5 Å². The molecule has 0 unspecified atom stereocenters. The molecule has 5 aromatic carbocycles. The molecule has 7 aliphatic rings. The standard InChI is InChI=1S/C56H63N/c1-52(2)24-26-54(5,6)49-33-41(20-22-47(49)52)57(42-21-23-48-50(34-42)55(7,8)27-25-53(48,3)4)40-18-16-37(17-19-40)43-13-11-14-45-44-12-9-10-15-46(44)56(51(43)45)38-29-35-28-36(31-38)32-39(56)30-35/h9-23,33-36,38-39H,24-32H2,1-8H3. The topological polar surface area (TPSA) is 3.24 Å². The van der Waals surface area contributed by atoms with E-state index >= 15 is 0 Å². The highest BCUT2D eigenvalue weighted by molar-refractivity contribution is 5.90. The van der Waals surface area contributed by atoms with Crippen molar-refractivity contribution in [3.05, 3.63) is 137 Å². The van der Waals surface area contributed by atoms with E-state index in [2.05, 4.69) is 163 Å². The molecule has 1 spiro atoms. The van der Waals surface area contributed by atoms with Crippen molar-refractivity contribution < 1.29 is 0 Å². The minimum Gasteiger partial charge on any atom is -0.310 e. The second kappa shape index (κ2) is 12.0. The van der Waals surface area contributed by atoms with Crippen molar-refractivity contribution >= 4 is 17.1 Å². The third-order valence-electron chi connectivity index (χ3n) is 17.2. The van der Waals surface area contributed by atoms with E-state index in [1.807, 2.05) is 0 Å². The van der Waals surface area contributed by atoms with Crippen LogP contribution in [-0.4, -0.2) is 0 Å². The Morgan fingerprint density at radius 2 is 0.860 bits per heavy atom. The first-order valence-corrected chi connectivity index (χ1v) is 22.6. The van der Waals surface area contributed by atoms with Crippen LogP contribution < -0.4 is 4.90 Å². The van der Waals surface area contributed by atoms with Gasteiger partial charge in [-0.15, -0.1) is 0 Å². The molecule has 7 aliphatic carbocycles. The van der Waals surface area contributed by atoms with Crippen LogP contribution in [0.2, 0.25) is 0 Å². The summed E-state index contributed by atoms with van der Waals surface area (Å²) >= 11 is 0. The molecule has 292 valence electrons. The summed E-state index contributed by atoms with van der Waals surface area (Å²) in [6.07, 6.45) is 12.0. The van der Waals surface area contributed by atoms with Crippen LogP contribution in [0.25, 0.3) is 22.3 Å². The Morgan fingerprint density at radius 3 is 1.40 bits per heavy atom. The maximum absolute atomic E-state index is 2.57. The van der Waals surface area contributed by atoms with E-state index in [0.717, 1.165) is 23.7 Å². The van der Waals surface area contributed by atoms with Crippen LogP contribution in [0.3, 0.4) is 0 Å². The molecule has 4 fully saturated rings. The summed E-state index contributed by atoms with van der Waals surface area (Å²) in [4.78, 5) is 2.57. The second-order valence-electron chi connectivity index (χ2n) is 22.3. The van der Waals surface area contributed by atoms with Gasteiger partial charge in [-0.05, 0) is 195 Å². The minimum atomic E-state index is 0.136. The zero-order valence-corrected chi connectivity index (χ0v) is 35.9. The molecule has 1 heteroatoms. The van der Waals surface area contributed by atoms with Gasteiger partial charge in [0.05, 0.1) is 0 Å². The Labute approximate surface area is 343 Å². The van der Waals surface area contributed by atoms with Crippen LogP contribution in [0.4, 0.5) is 17.1 Å². The van der Waals surface area contributed by atoms with Crippen LogP contribution in [0.5, 0.6) is 0 Å². The molecule has 4 saturated carbocycles. The maximum atomic E-state index is 2.57. The monoisotopic (exact) mass is 749 g/mol. The molecule has 5 aromatic rings. The number of nitrogens with zero attached hydrogens (tertiary/aromatic N) is 1. The van der Waals surface area contributed by atoms with Gasteiger partial charge in [-0.25, -0.2) is 0 Å². The maximum Gasteiger partial charge on any atom is 0.0464 e. The van der Waals surface area contributed by atoms with E-state index < -0.39 is 0 Å². The SMILES string of the molecule is CC1(C)CCC(C)(C)c2cc(N(c3ccc(-c4cccc5c4C4(c6ccccc6-5)C5CC6CC(C5)CC4C6)cc3)c3ccc4c(c3)C(C)(C)CCC4(C)C)ccc21. The molecule has 0 aliphatic heterocycles. The fourth-order valence-electron chi connectivity index (χ4n) is 14.1. The predicted molar refractivity (Wildman–Crippen MR) is 240 cm³/mol. The summed E-state index contributed by atoms with van der Waals surface area (Å²) in [5.74, 6) is 3.38. The molecule has 0 radical (unpaired) electrons. The molecule has 57 heavy (non-hydrogen) atoms. The first kappa shape index (κ1) is 36.0. The largest absolute Gasteiger partial charge is 0.310 e. The van der Waals surface area contributed by atoms with Gasteiger partial charge in [0.25, 0.3) is 0 Å². The van der Waals surface area contributed by atoms with Gasteiger partial charge in [0.1, 0.15) is 0 Å². The van der Waals surface area contributed by atoms with Gasteiger partial charge < -0.3 is 4.90 Å². The summed E-state index contributed by atoms with van der Waals surface area (Å²) < 4.78 is 0. The van der Waals surface area contributed by atoms with Gasteiger partial charge >= 0.3 is 0 Å². The van der Waals surface area contributed by atoms with E-state index in [0.29, 0.717) is 0 Å². The Kier molecular flexibility index (Phi) is 7.58. The van der Waals surface area contributed by atoms with Crippen LogP contribution in [0, 0.1) is 23.7 Å². The molecule has 0 aromatic heterocycles. The van der Waals surface area contributed by atoms with Crippen molar-refractivity contribution in [2.24, 2.45) is 23.7 Å². The highest BCUT2D eigenvalue weighted by Gasteiger charge is 2.62. The predicted octanol–water partition coefficient (Wildman–Crippen LogP) is 15.2. The van der Waals surface area contributed by atoms with Gasteiger partial charge in [-0.1, -0.05) is 122 Å². The molecular weight excluding hydrogens is 687 g/mol. The molecule has 0 amide bonds. The molecule has 0 heterocycles. The lowest BCUT2D eigenvalue weighted by Gasteiger charge is -2.61. The average molecular weight is 750 g/mol. The fraction of sp³-hybridized carbons (Fsp3) is 0.464. The Balaban J connectivity index is 1.07. The van der Waals surface area contributed by atoms with E-state index in [9.17, 15) is 0 Å². The number of rotatable bonds is 4. The van der Waals surface area contributed by atoms with Crippen LogP contribution in [0.1, 0.15) is 147 Å². The molecular formula is C56H63N. The number of hydrogen-bond acceptors (Lipinski definition) is 1. The summed E-state index contributed by atoms with van der Waals surface area (Å²) in [6, 6.07) is 41.5. The van der Waals surface area contributed by atoms with Crippen molar-refractivity contribution in [2.75, 3.05) is 4.90 Å². The Bertz CT molecular complexity index is 2330. The molecule has 1 nitrogen and oxygen atoms in total. The van der Waals surface area contributed by atoms with Gasteiger partial charge in [-0.3, -0.25) is 0 Å². The summed E-state index contributed by atoms with van der Waals surface area (Å²) in [5.41, 5.74) is 19.7. The van der Waals surface area contributed by atoms with Crippen molar-refractivity contribution in [3.63, 3.8) is 0 Å². The molecule has 0 saturated heterocycles. The first-order valence-electron chi connectivity index (χ1n) is 22.6. The first-order chi connectivity index (χ1) is 27.2. The zero-order valence-electron chi connectivity index (χ0n) is 35.9. The zero-order chi connectivity index (χ0) is 39.3. The molecule has 0 atom stereocenters. The highest BCUT2D eigenvalue weighted by atomic mass is 15.1. The van der Waals surface area contributed by atoms with E-state index in [1.54, 1.807) is 11.1 Å². The third-order valence-corrected chi connectivity index (χ3v) is 17.2. The third kappa shape index (κ3) is 5.12. The summed E-state index contributed by atoms with van der Waals surface area (Å²) in [5, 5.41) is 0. The van der Waals surface area contributed by atoms with Gasteiger partial charge in [0.15, 0.2) is 0 Å². The number of fused-ring (bicyclic) bond motifs is 5. The van der Waals surface area contributed by atoms with Crippen LogP contribution in [0.15, 0.2) is 103 Å². The highest BCUT2D eigenvalue weighted by Crippen LogP contribution is 2.70. The van der Waals surface area contributed by atoms with Crippen molar-refractivity contribution in [2.45, 2.75) is 140 Å². The van der Waals surface area contributed by atoms with Crippen molar-refractivity contribution in [1.29, 1.82) is 0 Å². The minimum absolute atomic E-state index is 0.136. The van der Waals surface area contributed by atoms with Crippen LogP contribution >= 0.6 is 0 Å². The molecule has 12 rings (SSSR count). The lowest BCUT2D eigenvalue weighted by Crippen LogP contribution is -2.55. The molecule has 4 bridgehead atoms. The summed E-state index contributed by atoms with van der Waals surface area (Å²) in [7, 11) is 0. The fourth-order valence-corrected chi connectivity index (χ4v) is 14.1. The number of benzene rings is 5. The van der Waals surface area contributed by atoms with Gasteiger partial charge in [-0.2, -0.15) is 0 Å². The van der Waals surface area contributed by atoms with E-state index in [-0.39, 0.29) is 27.1 Å². The quantitative estimate of drug-likeness (QED) is 0.177. The lowest BCUT2D eigenvalue weighted by molar-refractivity contribution is -0.0397.